The van der Waals surface area contributed by atoms with Crippen molar-refractivity contribution in [2.75, 3.05) is 12.5 Å². The van der Waals surface area contributed by atoms with Gasteiger partial charge < -0.3 is 4.43 Å². The van der Waals surface area contributed by atoms with Crippen LogP contribution in [0.15, 0.2) is 0 Å². The Labute approximate surface area is 71.0 Å². The van der Waals surface area contributed by atoms with Crippen LogP contribution in [0.1, 0.15) is 26.2 Å². The maximum atomic E-state index is 5.51. The molecule has 0 saturated heterocycles. The van der Waals surface area contributed by atoms with Gasteiger partial charge in [0.15, 0.2) is 0 Å². The molecule has 0 amide bonds. The van der Waals surface area contributed by atoms with Gasteiger partial charge in [-0.05, 0) is 19.4 Å². The largest absolute Gasteiger partial charge is 0.418 e. The summed E-state index contributed by atoms with van der Waals surface area (Å²) in [6.45, 7) is 2.89. The number of alkyl halides is 1. The highest BCUT2D eigenvalue weighted by atomic mass is 35.5. The first-order chi connectivity index (χ1) is 4.91. The van der Waals surface area contributed by atoms with Crippen LogP contribution in [0.5, 0.6) is 0 Å². The lowest BCUT2D eigenvalue weighted by molar-refractivity contribution is 0.359. The number of unbranched alkanes of at least 4 members (excludes halogenated alkanes) is 2. The van der Waals surface area contributed by atoms with E-state index < -0.39 is 0 Å². The molecular weight excluding hydrogens is 164 g/mol. The topological polar surface area (TPSA) is 9.23 Å². The summed E-state index contributed by atoms with van der Waals surface area (Å²) in [7, 11) is 0.700. The van der Waals surface area contributed by atoms with E-state index >= 15 is 0 Å². The smallest absolute Gasteiger partial charge is 0.229 e. The molecule has 0 aliphatic carbocycles. The van der Waals surface area contributed by atoms with E-state index in [0.717, 1.165) is 18.9 Å². The Bertz CT molecular complexity index is 53.6. The summed E-state index contributed by atoms with van der Waals surface area (Å²) in [5, 5.41) is 0. The minimum absolute atomic E-state index is 0.700. The van der Waals surface area contributed by atoms with Crippen LogP contribution in [0.4, 0.5) is 0 Å². The molecule has 0 aliphatic rings. The summed E-state index contributed by atoms with van der Waals surface area (Å²) in [5.41, 5.74) is 0. The van der Waals surface area contributed by atoms with Crippen LogP contribution in [0, 0.1) is 0 Å². The predicted octanol–water partition coefficient (Wildman–Crippen LogP) is 2.47. The molecule has 0 aromatic carbocycles. The zero-order valence-corrected chi connectivity index (χ0v) is 8.28. The zero-order valence-electron chi connectivity index (χ0n) is 6.53. The highest BCUT2D eigenvalue weighted by Crippen LogP contribution is 2.00. The van der Waals surface area contributed by atoms with E-state index in [4.69, 9.17) is 16.0 Å². The maximum Gasteiger partial charge on any atom is 0.229 e. The highest BCUT2D eigenvalue weighted by molar-refractivity contribution is 6.26. The van der Waals surface area contributed by atoms with E-state index in [2.05, 4.69) is 0 Å². The van der Waals surface area contributed by atoms with Gasteiger partial charge in [-0.3, -0.25) is 0 Å². The summed E-state index contributed by atoms with van der Waals surface area (Å²) in [5.74, 6) is 0.803. The Hall–Kier alpha value is 0.467. The van der Waals surface area contributed by atoms with Crippen molar-refractivity contribution in [3.05, 3.63) is 0 Å². The second kappa shape index (κ2) is 9.47. The molecule has 0 atom stereocenters. The molecule has 3 heteroatoms. The molecule has 0 unspecified atom stereocenters. The van der Waals surface area contributed by atoms with Crippen LogP contribution in [-0.4, -0.2) is 22.3 Å². The second-order valence-electron chi connectivity index (χ2n) is 2.08. The molecule has 0 N–H and O–H groups in total. The second-order valence-corrected chi connectivity index (χ2v) is 3.53. The summed E-state index contributed by atoms with van der Waals surface area (Å²) >= 11 is 5.51. The van der Waals surface area contributed by atoms with Crippen molar-refractivity contribution in [3.63, 3.8) is 0 Å². The van der Waals surface area contributed by atoms with Crippen LogP contribution < -0.4 is 0 Å². The first kappa shape index (κ1) is 10.5. The Morgan fingerprint density at radius 3 is 2.70 bits per heavy atom. The van der Waals surface area contributed by atoms with Crippen molar-refractivity contribution < 1.29 is 4.43 Å². The normalized spacial score (nSPS) is 10.2. The molecule has 2 radical (unpaired) electrons. The van der Waals surface area contributed by atoms with Gasteiger partial charge in [0.1, 0.15) is 0 Å². The number of rotatable bonds is 7. The van der Waals surface area contributed by atoms with Crippen LogP contribution in [0.3, 0.4) is 0 Å². The van der Waals surface area contributed by atoms with Gasteiger partial charge in [0.25, 0.3) is 0 Å². The molecule has 0 fully saturated rings. The lowest BCUT2D eigenvalue weighted by Gasteiger charge is -1.97. The van der Waals surface area contributed by atoms with E-state index in [-0.39, 0.29) is 0 Å². The fraction of sp³-hybridized carbons (Fsp3) is 1.00. The SMILES string of the molecule is CCO[Si]CCCCCCl. The van der Waals surface area contributed by atoms with Crippen molar-refractivity contribution in [1.29, 1.82) is 0 Å². The van der Waals surface area contributed by atoms with E-state index in [0.29, 0.717) is 9.76 Å². The average molecular weight is 179 g/mol. The van der Waals surface area contributed by atoms with Gasteiger partial charge in [0, 0.05) is 12.5 Å². The molecule has 0 aromatic heterocycles. The minimum atomic E-state index is 0.700. The Balaban J connectivity index is 2.65. The predicted molar refractivity (Wildman–Crippen MR) is 46.8 cm³/mol. The summed E-state index contributed by atoms with van der Waals surface area (Å²) in [6, 6.07) is 1.21. The van der Waals surface area contributed by atoms with Crippen LogP contribution in [0.2, 0.25) is 6.04 Å². The standard InChI is InChI=1S/C7H15ClOSi/c1-2-9-10-7-5-3-4-6-8/h2-7H2,1H3. The molecule has 1 nitrogen and oxygen atoms in total. The average Bonchev–Trinajstić information content (AvgIpc) is 1.97. The Morgan fingerprint density at radius 1 is 1.30 bits per heavy atom. The molecule has 0 saturated carbocycles. The number of hydrogen-bond acceptors (Lipinski definition) is 1. The van der Waals surface area contributed by atoms with E-state index in [1.165, 1.54) is 18.9 Å². The lowest BCUT2D eigenvalue weighted by atomic mass is 10.3. The lowest BCUT2D eigenvalue weighted by Crippen LogP contribution is -1.96. The number of hydrogen-bond donors (Lipinski definition) is 0. The van der Waals surface area contributed by atoms with Crippen LogP contribution in [-0.2, 0) is 4.43 Å². The van der Waals surface area contributed by atoms with E-state index in [1.54, 1.807) is 0 Å². The summed E-state index contributed by atoms with van der Waals surface area (Å²) in [4.78, 5) is 0. The van der Waals surface area contributed by atoms with Crippen molar-refractivity contribution in [2.24, 2.45) is 0 Å². The molecular formula is C7H15ClOSi. The molecule has 10 heavy (non-hydrogen) atoms. The molecule has 0 bridgehead atoms. The highest BCUT2D eigenvalue weighted by Gasteiger charge is 1.90. The molecule has 0 aliphatic heterocycles. The van der Waals surface area contributed by atoms with Crippen molar-refractivity contribution in [3.8, 4) is 0 Å². The van der Waals surface area contributed by atoms with Gasteiger partial charge in [-0.15, -0.1) is 11.6 Å². The molecule has 0 spiro atoms. The fourth-order valence-corrected chi connectivity index (χ4v) is 1.57. The first-order valence-corrected chi connectivity index (χ1v) is 5.47. The Kier molecular flexibility index (Phi) is 9.91. The third-order valence-corrected chi connectivity index (χ3v) is 2.48. The Morgan fingerprint density at radius 2 is 2.10 bits per heavy atom. The van der Waals surface area contributed by atoms with Crippen molar-refractivity contribution in [2.45, 2.75) is 32.2 Å². The molecule has 60 valence electrons. The van der Waals surface area contributed by atoms with Crippen molar-refractivity contribution in [1.82, 2.24) is 0 Å². The van der Waals surface area contributed by atoms with E-state index in [1.807, 2.05) is 6.92 Å². The quantitative estimate of drug-likeness (QED) is 0.331. The zero-order chi connectivity index (χ0) is 7.66. The van der Waals surface area contributed by atoms with Crippen LogP contribution >= 0.6 is 11.6 Å². The molecule has 0 rings (SSSR count). The molecule has 0 heterocycles. The van der Waals surface area contributed by atoms with Gasteiger partial charge in [0.2, 0.25) is 9.76 Å². The van der Waals surface area contributed by atoms with E-state index in [9.17, 15) is 0 Å². The van der Waals surface area contributed by atoms with Crippen LogP contribution in [0.25, 0.3) is 0 Å². The fourth-order valence-electron chi connectivity index (χ4n) is 0.643. The van der Waals surface area contributed by atoms with Gasteiger partial charge in [-0.2, -0.15) is 0 Å². The van der Waals surface area contributed by atoms with Crippen molar-refractivity contribution >= 4 is 21.4 Å². The van der Waals surface area contributed by atoms with Gasteiger partial charge >= 0.3 is 0 Å². The maximum absolute atomic E-state index is 5.51. The number of halogens is 1. The monoisotopic (exact) mass is 178 g/mol. The third kappa shape index (κ3) is 8.47. The summed E-state index contributed by atoms with van der Waals surface area (Å²) < 4.78 is 5.21. The van der Waals surface area contributed by atoms with Gasteiger partial charge in [-0.25, -0.2) is 0 Å². The first-order valence-electron chi connectivity index (χ1n) is 3.82. The van der Waals surface area contributed by atoms with Gasteiger partial charge in [0.05, 0.1) is 0 Å². The minimum Gasteiger partial charge on any atom is -0.418 e. The van der Waals surface area contributed by atoms with Gasteiger partial charge in [-0.1, -0.05) is 12.8 Å². The third-order valence-electron chi connectivity index (χ3n) is 1.16. The summed E-state index contributed by atoms with van der Waals surface area (Å²) in [6.07, 6.45) is 3.67. The molecule has 0 aromatic rings.